The Kier molecular flexibility index (Phi) is 2.55. The first-order chi connectivity index (χ1) is 6.32. The summed E-state index contributed by atoms with van der Waals surface area (Å²) in [5, 5.41) is 0. The number of hydrogen-bond acceptors (Lipinski definition) is 3. The highest BCUT2D eigenvalue weighted by atomic mass is 19.4. The molecule has 0 spiro atoms. The third-order valence-corrected chi connectivity index (χ3v) is 1.68. The van der Waals surface area contributed by atoms with Crippen molar-refractivity contribution < 1.29 is 13.2 Å². The zero-order chi connectivity index (χ0) is 10.9. The van der Waals surface area contributed by atoms with E-state index in [0.29, 0.717) is 5.69 Å². The summed E-state index contributed by atoms with van der Waals surface area (Å²) in [5.74, 6) is 0. The van der Waals surface area contributed by atoms with Crippen molar-refractivity contribution in [3.63, 3.8) is 0 Å². The summed E-state index contributed by atoms with van der Waals surface area (Å²) in [6, 6.07) is 0.926. The molecule has 0 aromatic carbocycles. The van der Waals surface area contributed by atoms with Gasteiger partial charge in [0.1, 0.15) is 5.69 Å². The fourth-order valence-electron chi connectivity index (χ4n) is 0.998. The van der Waals surface area contributed by atoms with Gasteiger partial charge in [-0.15, -0.1) is 0 Å². The summed E-state index contributed by atoms with van der Waals surface area (Å²) >= 11 is 0. The molecule has 0 aliphatic heterocycles. The second kappa shape index (κ2) is 3.36. The molecular weight excluding hydrogens is 195 g/mol. The lowest BCUT2D eigenvalue weighted by Crippen LogP contribution is -2.15. The topological polar surface area (TPSA) is 42.2 Å². The van der Waals surface area contributed by atoms with Crippen LogP contribution < -0.4 is 10.6 Å². The molecule has 0 bridgehead atoms. The zero-order valence-corrected chi connectivity index (χ0v) is 7.76. The molecule has 1 aromatic heterocycles. The molecule has 0 aliphatic rings. The van der Waals surface area contributed by atoms with E-state index in [9.17, 15) is 13.2 Å². The molecule has 0 atom stereocenters. The molecule has 78 valence electrons. The fraction of sp³-hybridized carbons (Fsp3) is 0.375. The summed E-state index contributed by atoms with van der Waals surface area (Å²) in [7, 11) is 3.23. The molecule has 1 heterocycles. The van der Waals surface area contributed by atoms with Crippen molar-refractivity contribution in [2.24, 2.45) is 0 Å². The Bertz CT molecular complexity index is 333. The monoisotopic (exact) mass is 205 g/mol. The van der Waals surface area contributed by atoms with Crippen molar-refractivity contribution in [2.75, 3.05) is 24.7 Å². The quantitative estimate of drug-likeness (QED) is 0.759. The first kappa shape index (κ1) is 10.6. The normalized spacial score (nSPS) is 11.5. The van der Waals surface area contributed by atoms with Crippen LogP contribution in [0.2, 0.25) is 0 Å². The van der Waals surface area contributed by atoms with Crippen LogP contribution in [0, 0.1) is 0 Å². The Balaban J connectivity index is 3.20. The predicted octanol–water partition coefficient (Wildman–Crippen LogP) is 1.75. The molecule has 0 amide bonds. The first-order valence-corrected chi connectivity index (χ1v) is 3.82. The van der Waals surface area contributed by atoms with Crippen LogP contribution in [0.3, 0.4) is 0 Å². The van der Waals surface area contributed by atoms with Gasteiger partial charge in [0.2, 0.25) is 0 Å². The Morgan fingerprint density at radius 1 is 1.36 bits per heavy atom. The molecule has 0 radical (unpaired) electrons. The van der Waals surface area contributed by atoms with Crippen molar-refractivity contribution in [3.8, 4) is 0 Å². The van der Waals surface area contributed by atoms with Crippen LogP contribution in [0.25, 0.3) is 0 Å². The highest BCUT2D eigenvalue weighted by molar-refractivity contribution is 5.66. The van der Waals surface area contributed by atoms with Crippen LogP contribution in [0.4, 0.5) is 24.5 Å². The van der Waals surface area contributed by atoms with Gasteiger partial charge in [-0.1, -0.05) is 0 Å². The second-order valence-corrected chi connectivity index (χ2v) is 3.02. The van der Waals surface area contributed by atoms with E-state index in [-0.39, 0.29) is 5.69 Å². The highest BCUT2D eigenvalue weighted by Gasteiger charge is 2.33. The average Bonchev–Trinajstić information content (AvgIpc) is 2.02. The molecule has 0 unspecified atom stereocenters. The van der Waals surface area contributed by atoms with E-state index in [4.69, 9.17) is 5.73 Å². The summed E-state index contributed by atoms with van der Waals surface area (Å²) in [6.07, 6.45) is -3.42. The maximum atomic E-state index is 12.2. The van der Waals surface area contributed by atoms with Gasteiger partial charge in [0.15, 0.2) is 0 Å². The van der Waals surface area contributed by atoms with Crippen molar-refractivity contribution in [2.45, 2.75) is 6.18 Å². The van der Waals surface area contributed by atoms with Gasteiger partial charge < -0.3 is 10.6 Å². The lowest BCUT2D eigenvalue weighted by molar-refractivity contribution is -0.141. The lowest BCUT2D eigenvalue weighted by atomic mass is 10.2. The molecule has 0 saturated carbocycles. The largest absolute Gasteiger partial charge is 0.433 e. The lowest BCUT2D eigenvalue weighted by Gasteiger charge is -2.16. The molecule has 2 N–H and O–H groups in total. The Hall–Kier alpha value is -1.46. The summed E-state index contributed by atoms with van der Waals surface area (Å²) < 4.78 is 36.7. The Morgan fingerprint density at radius 3 is 2.36 bits per heavy atom. The molecule has 0 fully saturated rings. The van der Waals surface area contributed by atoms with Gasteiger partial charge in [-0.05, 0) is 6.07 Å². The van der Waals surface area contributed by atoms with Gasteiger partial charge in [-0.25, -0.2) is 4.98 Å². The SMILES string of the molecule is CN(C)c1cc(C(F)(F)F)ncc1N. The number of anilines is 2. The van der Waals surface area contributed by atoms with Crippen molar-refractivity contribution in [1.82, 2.24) is 4.98 Å². The van der Waals surface area contributed by atoms with Gasteiger partial charge in [-0.2, -0.15) is 13.2 Å². The van der Waals surface area contributed by atoms with E-state index in [1.165, 1.54) is 4.90 Å². The minimum Gasteiger partial charge on any atom is -0.396 e. The average molecular weight is 205 g/mol. The molecule has 6 heteroatoms. The van der Waals surface area contributed by atoms with Crippen LogP contribution in [-0.2, 0) is 6.18 Å². The maximum Gasteiger partial charge on any atom is 0.433 e. The Morgan fingerprint density at radius 2 is 1.93 bits per heavy atom. The van der Waals surface area contributed by atoms with Crippen molar-refractivity contribution >= 4 is 11.4 Å². The number of halogens is 3. The summed E-state index contributed by atoms with van der Waals surface area (Å²) in [4.78, 5) is 4.72. The van der Waals surface area contributed by atoms with Gasteiger partial charge in [-0.3, -0.25) is 0 Å². The first-order valence-electron chi connectivity index (χ1n) is 3.82. The molecular formula is C8H10F3N3. The van der Waals surface area contributed by atoms with Gasteiger partial charge in [0.25, 0.3) is 0 Å². The van der Waals surface area contributed by atoms with E-state index in [0.717, 1.165) is 12.3 Å². The number of nitrogens with zero attached hydrogens (tertiary/aromatic N) is 2. The standard InChI is InChI=1S/C8H10F3N3/c1-14(2)6-3-7(8(9,10)11)13-4-5(6)12/h3-4H,12H2,1-2H3. The number of alkyl halides is 3. The predicted molar refractivity (Wildman–Crippen MR) is 48.0 cm³/mol. The fourth-order valence-corrected chi connectivity index (χ4v) is 0.998. The summed E-state index contributed by atoms with van der Waals surface area (Å²) in [5.41, 5.74) is 5.06. The third-order valence-electron chi connectivity index (χ3n) is 1.68. The number of nitrogens with two attached hydrogens (primary N) is 1. The third kappa shape index (κ3) is 2.07. The molecule has 0 saturated heterocycles. The second-order valence-electron chi connectivity index (χ2n) is 3.02. The van der Waals surface area contributed by atoms with Crippen LogP contribution in [0.15, 0.2) is 12.3 Å². The number of rotatable bonds is 1. The van der Waals surface area contributed by atoms with Gasteiger partial charge >= 0.3 is 6.18 Å². The van der Waals surface area contributed by atoms with E-state index >= 15 is 0 Å². The molecule has 1 rings (SSSR count). The van der Waals surface area contributed by atoms with E-state index in [2.05, 4.69) is 4.98 Å². The highest BCUT2D eigenvalue weighted by Crippen LogP contribution is 2.31. The molecule has 0 aliphatic carbocycles. The van der Waals surface area contributed by atoms with Gasteiger partial charge in [0.05, 0.1) is 17.6 Å². The van der Waals surface area contributed by atoms with Crippen molar-refractivity contribution in [1.29, 1.82) is 0 Å². The van der Waals surface area contributed by atoms with E-state index in [1.807, 2.05) is 0 Å². The Labute approximate surface area is 79.3 Å². The van der Waals surface area contributed by atoms with E-state index in [1.54, 1.807) is 14.1 Å². The number of pyridine rings is 1. The molecule has 14 heavy (non-hydrogen) atoms. The van der Waals surface area contributed by atoms with Gasteiger partial charge in [0, 0.05) is 14.1 Å². The van der Waals surface area contributed by atoms with Crippen molar-refractivity contribution in [3.05, 3.63) is 18.0 Å². The van der Waals surface area contributed by atoms with Crippen LogP contribution in [0.1, 0.15) is 5.69 Å². The van der Waals surface area contributed by atoms with E-state index < -0.39 is 11.9 Å². The minimum atomic E-state index is -4.43. The smallest absolute Gasteiger partial charge is 0.396 e. The number of hydrogen-bond donors (Lipinski definition) is 1. The summed E-state index contributed by atoms with van der Waals surface area (Å²) in [6.45, 7) is 0. The molecule has 3 nitrogen and oxygen atoms in total. The maximum absolute atomic E-state index is 12.2. The minimum absolute atomic E-state index is 0.225. The van der Waals surface area contributed by atoms with Crippen LogP contribution in [-0.4, -0.2) is 19.1 Å². The number of nitrogen functional groups attached to an aromatic ring is 1. The molecule has 1 aromatic rings. The number of aromatic nitrogens is 1. The van der Waals surface area contributed by atoms with Crippen LogP contribution in [0.5, 0.6) is 0 Å². The zero-order valence-electron chi connectivity index (χ0n) is 7.76. The van der Waals surface area contributed by atoms with Crippen LogP contribution >= 0.6 is 0 Å².